The van der Waals surface area contributed by atoms with Crippen LogP contribution >= 0.6 is 0 Å². The van der Waals surface area contributed by atoms with Gasteiger partial charge in [0, 0.05) is 12.0 Å². The van der Waals surface area contributed by atoms with Gasteiger partial charge < -0.3 is 0 Å². The third-order valence-electron chi connectivity index (χ3n) is 3.17. The number of benzene rings is 1. The molecule has 1 nitrogen and oxygen atoms in total. The molecule has 0 heterocycles. The van der Waals surface area contributed by atoms with Gasteiger partial charge in [-0.3, -0.25) is 4.79 Å². The van der Waals surface area contributed by atoms with Crippen molar-refractivity contribution in [2.24, 2.45) is 0 Å². The van der Waals surface area contributed by atoms with Crippen molar-refractivity contribution in [2.45, 2.75) is 58.8 Å². The molecule has 0 radical (unpaired) electrons. The number of rotatable bonds is 8. The minimum Gasteiger partial charge on any atom is -0.294 e. The zero-order valence-corrected chi connectivity index (χ0v) is 11.2. The van der Waals surface area contributed by atoms with Crippen molar-refractivity contribution in [1.82, 2.24) is 0 Å². The highest BCUT2D eigenvalue weighted by Crippen LogP contribution is 2.11. The van der Waals surface area contributed by atoms with Crippen molar-refractivity contribution < 1.29 is 4.79 Å². The van der Waals surface area contributed by atoms with Crippen LogP contribution in [0.4, 0.5) is 0 Å². The van der Waals surface area contributed by atoms with Crippen molar-refractivity contribution in [3.63, 3.8) is 0 Å². The summed E-state index contributed by atoms with van der Waals surface area (Å²) in [5.74, 6) is 0.236. The number of ketones is 1. The lowest BCUT2D eigenvalue weighted by Crippen LogP contribution is -1.96. The van der Waals surface area contributed by atoms with E-state index in [9.17, 15) is 4.79 Å². The lowest BCUT2D eigenvalue weighted by molar-refractivity contribution is 0.0988. The second kappa shape index (κ2) is 8.05. The molecular weight excluding hydrogens is 208 g/mol. The first kappa shape index (κ1) is 14.0. The Kier molecular flexibility index (Phi) is 6.61. The summed E-state index contributed by atoms with van der Waals surface area (Å²) in [5.41, 5.74) is 2.20. The van der Waals surface area contributed by atoms with Gasteiger partial charge in [0.05, 0.1) is 0 Å². The first-order valence-electron chi connectivity index (χ1n) is 6.90. The molecule has 1 aromatic rings. The zero-order valence-electron chi connectivity index (χ0n) is 11.2. The molecule has 0 fully saturated rings. The third kappa shape index (κ3) is 5.16. The van der Waals surface area contributed by atoms with Gasteiger partial charge in [0.2, 0.25) is 0 Å². The van der Waals surface area contributed by atoms with Crippen LogP contribution in [-0.2, 0) is 6.42 Å². The fourth-order valence-corrected chi connectivity index (χ4v) is 1.99. The van der Waals surface area contributed by atoms with Crippen LogP contribution in [-0.4, -0.2) is 5.78 Å². The van der Waals surface area contributed by atoms with Crippen LogP contribution in [0.1, 0.15) is 68.3 Å². The summed E-state index contributed by atoms with van der Waals surface area (Å²) in [6.07, 6.45) is 8.33. The van der Waals surface area contributed by atoms with E-state index < -0.39 is 0 Å². The van der Waals surface area contributed by atoms with E-state index in [0.717, 1.165) is 12.0 Å². The van der Waals surface area contributed by atoms with Gasteiger partial charge in [0.25, 0.3) is 0 Å². The predicted molar refractivity (Wildman–Crippen MR) is 73.5 cm³/mol. The topological polar surface area (TPSA) is 17.1 Å². The van der Waals surface area contributed by atoms with E-state index >= 15 is 0 Å². The highest BCUT2D eigenvalue weighted by Gasteiger charge is 2.02. The number of hydrogen-bond acceptors (Lipinski definition) is 1. The average Bonchev–Trinajstić information content (AvgIpc) is 2.38. The molecule has 1 rings (SSSR count). The standard InChI is InChI=1S/C16H24O/c1-3-5-6-7-8-9-14-10-12-15(13-11-14)16(17)4-2/h10-13H,3-9H2,1-2H3. The van der Waals surface area contributed by atoms with E-state index in [0.29, 0.717) is 6.42 Å². The lowest BCUT2D eigenvalue weighted by atomic mass is 10.0. The largest absolute Gasteiger partial charge is 0.294 e. The number of hydrogen-bond donors (Lipinski definition) is 0. The first-order chi connectivity index (χ1) is 8.27. The van der Waals surface area contributed by atoms with E-state index in [2.05, 4.69) is 19.1 Å². The SMILES string of the molecule is CCCCCCCc1ccc(C(=O)CC)cc1. The Hall–Kier alpha value is -1.11. The maximum Gasteiger partial charge on any atom is 0.162 e. The molecule has 0 aliphatic carbocycles. The molecule has 0 saturated carbocycles. The van der Waals surface area contributed by atoms with Crippen molar-refractivity contribution in [3.8, 4) is 0 Å². The van der Waals surface area contributed by atoms with Crippen molar-refractivity contribution in [2.75, 3.05) is 0 Å². The van der Waals surface area contributed by atoms with Crippen LogP contribution < -0.4 is 0 Å². The van der Waals surface area contributed by atoms with E-state index in [1.54, 1.807) is 0 Å². The average molecular weight is 232 g/mol. The van der Waals surface area contributed by atoms with Crippen LogP contribution in [0.5, 0.6) is 0 Å². The van der Waals surface area contributed by atoms with Gasteiger partial charge in [0.15, 0.2) is 5.78 Å². The smallest absolute Gasteiger partial charge is 0.162 e. The van der Waals surface area contributed by atoms with Crippen molar-refractivity contribution in [1.29, 1.82) is 0 Å². The Bertz CT molecular complexity index is 324. The molecule has 0 saturated heterocycles. The zero-order chi connectivity index (χ0) is 12.5. The van der Waals surface area contributed by atoms with Crippen LogP contribution in [0, 0.1) is 0 Å². The maximum atomic E-state index is 11.5. The van der Waals surface area contributed by atoms with E-state index in [1.165, 1.54) is 37.7 Å². The molecule has 0 N–H and O–H groups in total. The summed E-state index contributed by atoms with van der Waals surface area (Å²) in [6, 6.07) is 8.13. The highest BCUT2D eigenvalue weighted by atomic mass is 16.1. The first-order valence-corrected chi connectivity index (χ1v) is 6.90. The quantitative estimate of drug-likeness (QED) is 0.465. The van der Waals surface area contributed by atoms with Crippen LogP contribution in [0.25, 0.3) is 0 Å². The van der Waals surface area contributed by atoms with Crippen LogP contribution in [0.15, 0.2) is 24.3 Å². The summed E-state index contributed by atoms with van der Waals surface area (Å²) < 4.78 is 0. The van der Waals surface area contributed by atoms with Gasteiger partial charge >= 0.3 is 0 Å². The normalized spacial score (nSPS) is 10.5. The Morgan fingerprint density at radius 3 is 2.18 bits per heavy atom. The molecule has 0 amide bonds. The predicted octanol–water partition coefficient (Wildman–Crippen LogP) is 4.79. The molecular formula is C16H24O. The van der Waals surface area contributed by atoms with E-state index in [-0.39, 0.29) is 5.78 Å². The summed E-state index contributed by atoms with van der Waals surface area (Å²) in [7, 11) is 0. The van der Waals surface area contributed by atoms with Crippen LogP contribution in [0.3, 0.4) is 0 Å². The lowest BCUT2D eigenvalue weighted by Gasteiger charge is -2.03. The number of carbonyl (C=O) groups is 1. The minimum absolute atomic E-state index is 0.236. The summed E-state index contributed by atoms with van der Waals surface area (Å²) in [6.45, 7) is 4.15. The molecule has 1 heteroatoms. The summed E-state index contributed by atoms with van der Waals surface area (Å²) in [5, 5.41) is 0. The van der Waals surface area contributed by atoms with Gasteiger partial charge in [-0.2, -0.15) is 0 Å². The number of aryl methyl sites for hydroxylation is 1. The second-order valence-corrected chi connectivity index (χ2v) is 4.64. The van der Waals surface area contributed by atoms with Crippen LogP contribution in [0.2, 0.25) is 0 Å². The molecule has 0 unspecified atom stereocenters. The maximum absolute atomic E-state index is 11.5. The Morgan fingerprint density at radius 1 is 0.941 bits per heavy atom. The van der Waals surface area contributed by atoms with Gasteiger partial charge in [-0.1, -0.05) is 63.8 Å². The van der Waals surface area contributed by atoms with Gasteiger partial charge in [0.1, 0.15) is 0 Å². The van der Waals surface area contributed by atoms with Gasteiger partial charge in [-0.05, 0) is 18.4 Å². The number of Topliss-reactive ketones (excluding diaryl/α,β-unsaturated/α-hetero) is 1. The highest BCUT2D eigenvalue weighted by molar-refractivity contribution is 5.95. The molecule has 0 aromatic heterocycles. The fraction of sp³-hybridized carbons (Fsp3) is 0.562. The molecule has 0 aliphatic heterocycles. The van der Waals surface area contributed by atoms with Crippen molar-refractivity contribution >= 4 is 5.78 Å². The minimum atomic E-state index is 0.236. The number of unbranched alkanes of at least 4 members (excludes halogenated alkanes) is 4. The Morgan fingerprint density at radius 2 is 1.59 bits per heavy atom. The summed E-state index contributed by atoms with van der Waals surface area (Å²) in [4.78, 5) is 11.5. The fourth-order valence-electron chi connectivity index (χ4n) is 1.99. The Balaban J connectivity index is 2.33. The molecule has 0 bridgehead atoms. The molecule has 0 aliphatic rings. The Labute approximate surface area is 105 Å². The summed E-state index contributed by atoms with van der Waals surface area (Å²) >= 11 is 0. The number of carbonyl (C=O) groups excluding carboxylic acids is 1. The molecule has 0 atom stereocenters. The second-order valence-electron chi connectivity index (χ2n) is 4.64. The van der Waals surface area contributed by atoms with E-state index in [1.807, 2.05) is 19.1 Å². The monoisotopic (exact) mass is 232 g/mol. The van der Waals surface area contributed by atoms with Crippen molar-refractivity contribution in [3.05, 3.63) is 35.4 Å². The van der Waals surface area contributed by atoms with Gasteiger partial charge in [-0.25, -0.2) is 0 Å². The molecule has 17 heavy (non-hydrogen) atoms. The van der Waals surface area contributed by atoms with Gasteiger partial charge in [-0.15, -0.1) is 0 Å². The molecule has 0 spiro atoms. The molecule has 94 valence electrons. The molecule has 1 aromatic carbocycles. The van der Waals surface area contributed by atoms with E-state index in [4.69, 9.17) is 0 Å². The third-order valence-corrected chi connectivity index (χ3v) is 3.17.